The van der Waals surface area contributed by atoms with Gasteiger partial charge >= 0.3 is 0 Å². The van der Waals surface area contributed by atoms with E-state index in [4.69, 9.17) is 9.47 Å². The third kappa shape index (κ3) is 3.56. The second kappa shape index (κ2) is 6.88. The fraction of sp³-hybridized carbons (Fsp3) is 0.294. The number of hydrogen-bond donors (Lipinski definition) is 2. The maximum Gasteiger partial charge on any atom is 0.275 e. The van der Waals surface area contributed by atoms with Crippen LogP contribution in [-0.2, 0) is 11.3 Å². The molecule has 0 fully saturated rings. The van der Waals surface area contributed by atoms with E-state index in [1.54, 1.807) is 13.8 Å². The summed E-state index contributed by atoms with van der Waals surface area (Å²) in [5, 5.41) is 10.5. The minimum atomic E-state index is -0.531. The Kier molecular flexibility index (Phi) is 4.40. The maximum atomic E-state index is 12.4. The highest BCUT2D eigenvalue weighted by Crippen LogP contribution is 2.32. The minimum Gasteiger partial charge on any atom is -0.454 e. The number of aryl methyl sites for hydroxylation is 1. The van der Waals surface area contributed by atoms with E-state index in [1.807, 2.05) is 18.2 Å². The summed E-state index contributed by atoms with van der Waals surface area (Å²) in [4.78, 5) is 29.0. The Bertz CT molecular complexity index is 1080. The molecule has 0 bridgehead atoms. The number of nitrogens with one attached hydrogen (secondary N) is 2. The topological polar surface area (TPSA) is 107 Å². The minimum absolute atomic E-state index is 0.191. The Balaban J connectivity index is 1.39. The largest absolute Gasteiger partial charge is 0.454 e. The van der Waals surface area contributed by atoms with E-state index in [9.17, 15) is 9.59 Å². The van der Waals surface area contributed by atoms with Gasteiger partial charge in [0.1, 0.15) is 6.04 Å². The van der Waals surface area contributed by atoms with E-state index in [0.29, 0.717) is 33.8 Å². The third-order valence-corrected chi connectivity index (χ3v) is 4.85. The van der Waals surface area contributed by atoms with Gasteiger partial charge in [0.2, 0.25) is 22.8 Å². The van der Waals surface area contributed by atoms with Crippen LogP contribution in [0.25, 0.3) is 4.96 Å². The van der Waals surface area contributed by atoms with Crippen molar-refractivity contribution < 1.29 is 14.3 Å². The molecule has 1 aromatic carbocycles. The summed E-state index contributed by atoms with van der Waals surface area (Å²) in [5.41, 5.74) is 1.29. The normalized spacial score (nSPS) is 13.6. The summed E-state index contributed by atoms with van der Waals surface area (Å²) in [6.07, 6.45) is 0. The van der Waals surface area contributed by atoms with Crippen molar-refractivity contribution in [1.82, 2.24) is 19.9 Å². The van der Waals surface area contributed by atoms with Crippen molar-refractivity contribution in [2.24, 2.45) is 0 Å². The summed E-state index contributed by atoms with van der Waals surface area (Å²) >= 11 is 1.22. The average molecular weight is 387 g/mol. The van der Waals surface area contributed by atoms with E-state index in [2.05, 4.69) is 20.7 Å². The molecule has 2 N–H and O–H groups in total. The number of aromatic nitrogens is 3. The van der Waals surface area contributed by atoms with Crippen LogP contribution in [0.2, 0.25) is 0 Å². The van der Waals surface area contributed by atoms with Gasteiger partial charge in [-0.1, -0.05) is 17.4 Å². The van der Waals surface area contributed by atoms with Gasteiger partial charge in [-0.2, -0.15) is 4.52 Å². The first-order valence-electron chi connectivity index (χ1n) is 8.30. The van der Waals surface area contributed by atoms with Gasteiger partial charge in [-0.25, -0.2) is 4.98 Å². The van der Waals surface area contributed by atoms with Gasteiger partial charge in [-0.3, -0.25) is 9.59 Å². The van der Waals surface area contributed by atoms with Crippen LogP contribution in [0.15, 0.2) is 29.1 Å². The van der Waals surface area contributed by atoms with Crippen molar-refractivity contribution in [3.63, 3.8) is 0 Å². The lowest BCUT2D eigenvalue weighted by atomic mass is 10.2. The molecule has 1 unspecified atom stereocenters. The quantitative estimate of drug-likeness (QED) is 0.680. The van der Waals surface area contributed by atoms with Crippen LogP contribution in [0, 0.1) is 6.92 Å². The Morgan fingerprint density at radius 2 is 2.15 bits per heavy atom. The number of fused-ring (bicyclic) bond motifs is 2. The van der Waals surface area contributed by atoms with Gasteiger partial charge < -0.3 is 20.1 Å². The third-order valence-electron chi connectivity index (χ3n) is 4.01. The first kappa shape index (κ1) is 17.3. The van der Waals surface area contributed by atoms with Crippen molar-refractivity contribution >= 4 is 27.3 Å². The molecule has 1 aliphatic heterocycles. The van der Waals surface area contributed by atoms with Crippen LogP contribution in [-0.4, -0.2) is 33.3 Å². The number of amides is 1. The molecular formula is C17H17N5O4S. The molecule has 27 heavy (non-hydrogen) atoms. The molecule has 0 radical (unpaired) electrons. The smallest absolute Gasteiger partial charge is 0.275 e. The number of carbonyl (C=O) groups excluding carboxylic acids is 1. The summed E-state index contributed by atoms with van der Waals surface area (Å²) < 4.78 is 11.8. The average Bonchev–Trinajstić information content (AvgIpc) is 3.25. The Hall–Kier alpha value is -3.14. The predicted molar refractivity (Wildman–Crippen MR) is 99.4 cm³/mol. The standard InChI is InChI=1S/C17H17N5O4S/c1-9-5-14(23)22-17(19-9)27-16(21-22)20-10(2)15(24)18-7-11-3-4-12-13(6-11)26-8-25-12/h3-6,10H,7-8H2,1-2H3,(H,18,24)(H,20,21). The summed E-state index contributed by atoms with van der Waals surface area (Å²) in [6.45, 7) is 4.05. The number of rotatable bonds is 5. The van der Waals surface area contributed by atoms with Crippen molar-refractivity contribution in [3.05, 3.63) is 45.9 Å². The predicted octanol–water partition coefficient (Wildman–Crippen LogP) is 1.30. The number of nitrogens with zero attached hydrogens (tertiary/aromatic N) is 3. The molecule has 0 aliphatic carbocycles. The Morgan fingerprint density at radius 3 is 3.00 bits per heavy atom. The van der Waals surface area contributed by atoms with Crippen LogP contribution in [0.4, 0.5) is 5.13 Å². The van der Waals surface area contributed by atoms with Crippen LogP contribution in [0.1, 0.15) is 18.2 Å². The molecule has 1 aliphatic rings. The van der Waals surface area contributed by atoms with Crippen LogP contribution < -0.4 is 25.7 Å². The molecule has 9 nitrogen and oxygen atoms in total. The van der Waals surface area contributed by atoms with Crippen molar-refractivity contribution in [2.75, 3.05) is 12.1 Å². The lowest BCUT2D eigenvalue weighted by Gasteiger charge is -2.13. The molecule has 0 saturated heterocycles. The molecule has 10 heteroatoms. The van der Waals surface area contributed by atoms with Crippen LogP contribution >= 0.6 is 11.3 Å². The van der Waals surface area contributed by atoms with E-state index >= 15 is 0 Å². The second-order valence-electron chi connectivity index (χ2n) is 6.11. The van der Waals surface area contributed by atoms with Crippen molar-refractivity contribution in [3.8, 4) is 11.5 Å². The Labute approximate surface area is 157 Å². The Morgan fingerprint density at radius 1 is 1.33 bits per heavy atom. The maximum absolute atomic E-state index is 12.4. The fourth-order valence-corrected chi connectivity index (χ4v) is 3.56. The molecule has 2 aromatic heterocycles. The van der Waals surface area contributed by atoms with Crippen molar-refractivity contribution in [2.45, 2.75) is 26.4 Å². The van der Waals surface area contributed by atoms with Gasteiger partial charge in [0.25, 0.3) is 5.56 Å². The highest BCUT2D eigenvalue weighted by molar-refractivity contribution is 7.20. The molecule has 1 amide bonds. The highest BCUT2D eigenvalue weighted by atomic mass is 32.1. The lowest BCUT2D eigenvalue weighted by molar-refractivity contribution is -0.121. The molecule has 3 aromatic rings. The van der Waals surface area contributed by atoms with E-state index in [-0.39, 0.29) is 18.3 Å². The van der Waals surface area contributed by atoms with Gasteiger partial charge in [-0.05, 0) is 31.5 Å². The summed E-state index contributed by atoms with van der Waals surface area (Å²) in [7, 11) is 0. The monoisotopic (exact) mass is 387 g/mol. The van der Waals surface area contributed by atoms with Crippen molar-refractivity contribution in [1.29, 1.82) is 0 Å². The van der Waals surface area contributed by atoms with Gasteiger partial charge in [0, 0.05) is 18.3 Å². The van der Waals surface area contributed by atoms with Gasteiger partial charge in [0.15, 0.2) is 11.5 Å². The molecule has 0 saturated carbocycles. The highest BCUT2D eigenvalue weighted by Gasteiger charge is 2.17. The first-order valence-corrected chi connectivity index (χ1v) is 9.11. The van der Waals surface area contributed by atoms with Gasteiger partial charge in [-0.15, -0.1) is 5.10 Å². The number of hydrogen-bond acceptors (Lipinski definition) is 8. The molecule has 140 valence electrons. The zero-order valence-electron chi connectivity index (χ0n) is 14.7. The number of carbonyl (C=O) groups is 1. The van der Waals surface area contributed by atoms with Gasteiger partial charge in [0.05, 0.1) is 0 Å². The fourth-order valence-electron chi connectivity index (χ4n) is 2.62. The van der Waals surface area contributed by atoms with Crippen LogP contribution in [0.3, 0.4) is 0 Å². The second-order valence-corrected chi connectivity index (χ2v) is 7.06. The molecule has 3 heterocycles. The van der Waals surface area contributed by atoms with E-state index in [1.165, 1.54) is 21.9 Å². The van der Waals surface area contributed by atoms with Crippen LogP contribution in [0.5, 0.6) is 11.5 Å². The zero-order valence-corrected chi connectivity index (χ0v) is 15.5. The SMILES string of the molecule is Cc1cc(=O)n2nc(NC(C)C(=O)NCc3ccc4c(c3)OCO4)sc2n1. The molecule has 4 rings (SSSR count). The summed E-state index contributed by atoms with van der Waals surface area (Å²) in [6, 6.07) is 6.42. The number of anilines is 1. The molecule has 0 spiro atoms. The lowest BCUT2D eigenvalue weighted by Crippen LogP contribution is -2.37. The van der Waals surface area contributed by atoms with E-state index < -0.39 is 6.04 Å². The van der Waals surface area contributed by atoms with E-state index in [0.717, 1.165) is 5.56 Å². The zero-order chi connectivity index (χ0) is 19.0. The molecular weight excluding hydrogens is 370 g/mol. The number of ether oxygens (including phenoxy) is 2. The summed E-state index contributed by atoms with van der Waals surface area (Å²) in [5.74, 6) is 1.19. The first-order chi connectivity index (χ1) is 13.0. The number of benzene rings is 1. The molecule has 1 atom stereocenters.